The van der Waals surface area contributed by atoms with Crippen molar-refractivity contribution in [1.82, 2.24) is 24.7 Å². The van der Waals surface area contributed by atoms with Crippen molar-refractivity contribution in [3.63, 3.8) is 0 Å². The second-order valence-electron chi connectivity index (χ2n) is 7.26. The summed E-state index contributed by atoms with van der Waals surface area (Å²) in [7, 11) is 6.22. The van der Waals surface area contributed by atoms with Gasteiger partial charge < -0.3 is 19.7 Å². The number of aryl methyl sites for hydroxylation is 1. The zero-order valence-corrected chi connectivity index (χ0v) is 15.5. The molecule has 2 heterocycles. The standard InChI is InChI=1S/C19H29N5O/c1-22(2)11-8-15-9-12-24(13-10-15)19(25)20-14-18-21-16-6-4-5-7-17(16)23(18)3/h4-7,15H,8-14H2,1-3H3,(H,20,25). The Labute approximate surface area is 149 Å². The number of rotatable bonds is 5. The van der Waals surface area contributed by atoms with Crippen LogP contribution in [0.25, 0.3) is 11.0 Å². The van der Waals surface area contributed by atoms with Gasteiger partial charge in [-0.05, 0) is 58.0 Å². The average molecular weight is 343 g/mol. The van der Waals surface area contributed by atoms with Crippen molar-refractivity contribution >= 4 is 17.1 Å². The van der Waals surface area contributed by atoms with Gasteiger partial charge in [0.15, 0.2) is 0 Å². The van der Waals surface area contributed by atoms with Crippen LogP contribution in [-0.4, -0.2) is 59.1 Å². The van der Waals surface area contributed by atoms with E-state index in [1.165, 1.54) is 6.42 Å². The molecular weight excluding hydrogens is 314 g/mol. The Morgan fingerprint density at radius 1 is 1.28 bits per heavy atom. The van der Waals surface area contributed by atoms with E-state index in [9.17, 15) is 4.79 Å². The van der Waals surface area contributed by atoms with Gasteiger partial charge >= 0.3 is 6.03 Å². The fraction of sp³-hybridized carbons (Fsp3) is 0.579. The summed E-state index contributed by atoms with van der Waals surface area (Å²) in [5.74, 6) is 1.63. The summed E-state index contributed by atoms with van der Waals surface area (Å²) in [6, 6.07) is 8.06. The molecule has 1 aliphatic heterocycles. The molecule has 3 rings (SSSR count). The van der Waals surface area contributed by atoms with E-state index >= 15 is 0 Å². The molecule has 0 unspecified atom stereocenters. The molecular formula is C19H29N5O. The third-order valence-electron chi connectivity index (χ3n) is 5.16. The predicted octanol–water partition coefficient (Wildman–Crippen LogP) is 2.45. The van der Waals surface area contributed by atoms with Gasteiger partial charge in [-0.2, -0.15) is 0 Å². The summed E-state index contributed by atoms with van der Waals surface area (Å²) >= 11 is 0. The molecule has 25 heavy (non-hydrogen) atoms. The number of carbonyl (C=O) groups is 1. The van der Waals surface area contributed by atoms with Crippen molar-refractivity contribution in [2.45, 2.75) is 25.8 Å². The number of likely N-dealkylation sites (tertiary alicyclic amines) is 1. The molecule has 1 fully saturated rings. The van der Waals surface area contributed by atoms with Crippen LogP contribution in [0.5, 0.6) is 0 Å². The lowest BCUT2D eigenvalue weighted by Gasteiger charge is -2.32. The van der Waals surface area contributed by atoms with Crippen molar-refractivity contribution < 1.29 is 4.79 Å². The average Bonchev–Trinajstić information content (AvgIpc) is 2.94. The fourth-order valence-corrected chi connectivity index (χ4v) is 3.49. The molecule has 2 amide bonds. The summed E-state index contributed by atoms with van der Waals surface area (Å²) in [5, 5.41) is 3.03. The Hall–Kier alpha value is -2.08. The van der Waals surface area contributed by atoms with Gasteiger partial charge in [0.2, 0.25) is 0 Å². The highest BCUT2D eigenvalue weighted by Gasteiger charge is 2.22. The lowest BCUT2D eigenvalue weighted by molar-refractivity contribution is 0.164. The number of imidazole rings is 1. The Bertz CT molecular complexity index is 716. The van der Waals surface area contributed by atoms with Crippen molar-refractivity contribution in [3.8, 4) is 0 Å². The van der Waals surface area contributed by atoms with Crippen molar-refractivity contribution in [3.05, 3.63) is 30.1 Å². The number of para-hydroxylation sites is 2. The van der Waals surface area contributed by atoms with Gasteiger partial charge in [-0.1, -0.05) is 12.1 Å². The lowest BCUT2D eigenvalue weighted by Crippen LogP contribution is -2.44. The number of nitrogens with one attached hydrogen (secondary N) is 1. The van der Waals surface area contributed by atoms with Crippen LogP contribution in [0.1, 0.15) is 25.1 Å². The first-order valence-electron chi connectivity index (χ1n) is 9.12. The number of hydrogen-bond acceptors (Lipinski definition) is 3. The zero-order chi connectivity index (χ0) is 17.8. The lowest BCUT2D eigenvalue weighted by atomic mass is 9.93. The van der Waals surface area contributed by atoms with Gasteiger partial charge in [-0.25, -0.2) is 9.78 Å². The van der Waals surface area contributed by atoms with E-state index in [1.807, 2.05) is 40.8 Å². The molecule has 6 heteroatoms. The van der Waals surface area contributed by atoms with E-state index in [1.54, 1.807) is 0 Å². The minimum absolute atomic E-state index is 0.0260. The molecule has 1 aromatic carbocycles. The van der Waals surface area contributed by atoms with Gasteiger partial charge in [0.1, 0.15) is 5.82 Å². The number of nitrogens with zero attached hydrogens (tertiary/aromatic N) is 4. The molecule has 1 saturated heterocycles. The van der Waals surface area contributed by atoms with Gasteiger partial charge in [0.25, 0.3) is 0 Å². The quantitative estimate of drug-likeness (QED) is 0.907. The molecule has 0 aliphatic carbocycles. The van der Waals surface area contributed by atoms with E-state index in [-0.39, 0.29) is 6.03 Å². The first-order chi connectivity index (χ1) is 12.0. The van der Waals surface area contributed by atoms with Gasteiger partial charge in [-0.3, -0.25) is 0 Å². The third kappa shape index (κ3) is 4.31. The highest BCUT2D eigenvalue weighted by atomic mass is 16.2. The number of carbonyl (C=O) groups excluding carboxylic acids is 1. The maximum atomic E-state index is 12.4. The molecule has 0 radical (unpaired) electrons. The number of fused-ring (bicyclic) bond motifs is 1. The van der Waals surface area contributed by atoms with Gasteiger partial charge in [-0.15, -0.1) is 0 Å². The summed E-state index contributed by atoms with van der Waals surface area (Å²) in [5.41, 5.74) is 2.06. The highest BCUT2D eigenvalue weighted by Crippen LogP contribution is 2.20. The van der Waals surface area contributed by atoms with Crippen molar-refractivity contribution in [1.29, 1.82) is 0 Å². The van der Waals surface area contributed by atoms with Gasteiger partial charge in [0.05, 0.1) is 17.6 Å². The molecule has 2 aromatic rings. The molecule has 1 aromatic heterocycles. The minimum atomic E-state index is 0.0260. The van der Waals surface area contributed by atoms with E-state index in [2.05, 4.69) is 29.3 Å². The number of aromatic nitrogens is 2. The maximum Gasteiger partial charge on any atom is 0.317 e. The molecule has 1 N–H and O–H groups in total. The number of hydrogen-bond donors (Lipinski definition) is 1. The summed E-state index contributed by atoms with van der Waals surface area (Å²) in [6.07, 6.45) is 3.43. The molecule has 6 nitrogen and oxygen atoms in total. The van der Waals surface area contributed by atoms with Gasteiger partial charge in [0, 0.05) is 20.1 Å². The smallest absolute Gasteiger partial charge is 0.317 e. The maximum absolute atomic E-state index is 12.4. The molecule has 1 aliphatic rings. The Morgan fingerprint density at radius 3 is 2.68 bits per heavy atom. The zero-order valence-electron chi connectivity index (χ0n) is 15.5. The number of piperidine rings is 1. The molecule has 0 saturated carbocycles. The third-order valence-corrected chi connectivity index (χ3v) is 5.16. The van der Waals surface area contributed by atoms with Crippen LogP contribution in [0.15, 0.2) is 24.3 Å². The van der Waals surface area contributed by atoms with Crippen molar-refractivity contribution in [2.24, 2.45) is 13.0 Å². The second-order valence-corrected chi connectivity index (χ2v) is 7.26. The first-order valence-corrected chi connectivity index (χ1v) is 9.12. The van der Waals surface area contributed by atoms with E-state index in [4.69, 9.17) is 0 Å². The Morgan fingerprint density at radius 2 is 2.00 bits per heavy atom. The topological polar surface area (TPSA) is 53.4 Å². The van der Waals surface area contributed by atoms with Crippen LogP contribution >= 0.6 is 0 Å². The normalized spacial score (nSPS) is 15.9. The fourth-order valence-electron chi connectivity index (χ4n) is 3.49. The molecule has 136 valence electrons. The number of benzene rings is 1. The highest BCUT2D eigenvalue weighted by molar-refractivity contribution is 5.76. The van der Waals surface area contributed by atoms with Crippen LogP contribution in [0.4, 0.5) is 4.79 Å². The second kappa shape index (κ2) is 7.87. The van der Waals surface area contributed by atoms with Crippen LogP contribution in [0, 0.1) is 5.92 Å². The summed E-state index contributed by atoms with van der Waals surface area (Å²) < 4.78 is 2.04. The SMILES string of the molecule is CN(C)CCC1CCN(C(=O)NCc2nc3ccccc3n2C)CC1. The Balaban J connectivity index is 1.49. The predicted molar refractivity (Wildman–Crippen MR) is 100 cm³/mol. The largest absolute Gasteiger partial charge is 0.331 e. The minimum Gasteiger partial charge on any atom is -0.331 e. The summed E-state index contributed by atoms with van der Waals surface area (Å²) in [6.45, 7) is 3.30. The first kappa shape index (κ1) is 17.7. The van der Waals surface area contributed by atoms with E-state index < -0.39 is 0 Å². The van der Waals surface area contributed by atoms with Crippen LogP contribution in [0.2, 0.25) is 0 Å². The van der Waals surface area contributed by atoms with E-state index in [0.717, 1.165) is 55.3 Å². The monoisotopic (exact) mass is 343 g/mol. The molecule has 0 atom stereocenters. The van der Waals surface area contributed by atoms with Crippen LogP contribution in [-0.2, 0) is 13.6 Å². The van der Waals surface area contributed by atoms with Crippen LogP contribution in [0.3, 0.4) is 0 Å². The van der Waals surface area contributed by atoms with Crippen LogP contribution < -0.4 is 5.32 Å². The van der Waals surface area contributed by atoms with Crippen molar-refractivity contribution in [2.75, 3.05) is 33.7 Å². The molecule has 0 spiro atoms. The summed E-state index contributed by atoms with van der Waals surface area (Å²) in [4.78, 5) is 21.2. The van der Waals surface area contributed by atoms with E-state index in [0.29, 0.717) is 6.54 Å². The number of amides is 2. The Kier molecular flexibility index (Phi) is 5.58. The molecule has 0 bridgehead atoms. The number of urea groups is 1.